The first-order valence-electron chi connectivity index (χ1n) is 6.19. The molecule has 1 saturated heterocycles. The molecule has 0 amide bonds. The summed E-state index contributed by atoms with van der Waals surface area (Å²) in [6.45, 7) is 4.01. The molecule has 2 heterocycles. The highest BCUT2D eigenvalue weighted by Gasteiger charge is 2.17. The Hall–Kier alpha value is -1.33. The van der Waals surface area contributed by atoms with E-state index in [0.717, 1.165) is 31.8 Å². The lowest BCUT2D eigenvalue weighted by Gasteiger charge is -2.22. The van der Waals surface area contributed by atoms with E-state index in [1.807, 2.05) is 0 Å². The predicted octanol–water partition coefficient (Wildman–Crippen LogP) is 1.64. The van der Waals surface area contributed by atoms with Gasteiger partial charge in [0.15, 0.2) is 0 Å². The summed E-state index contributed by atoms with van der Waals surface area (Å²) in [5.74, 6) is 1.01. The second-order valence-corrected chi connectivity index (χ2v) is 4.44. The summed E-state index contributed by atoms with van der Waals surface area (Å²) in [4.78, 5) is 11.4. The van der Waals surface area contributed by atoms with E-state index in [4.69, 9.17) is 9.15 Å². The third-order valence-corrected chi connectivity index (χ3v) is 3.16. The Morgan fingerprint density at radius 1 is 1.50 bits per heavy atom. The number of methoxy groups -OCH3 is 1. The van der Waals surface area contributed by atoms with Crippen molar-refractivity contribution in [3.63, 3.8) is 0 Å². The van der Waals surface area contributed by atoms with Gasteiger partial charge in [-0.2, -0.15) is 0 Å². The van der Waals surface area contributed by atoms with E-state index in [2.05, 4.69) is 10.1 Å². The number of hydrogen-bond donors (Lipinski definition) is 1. The second-order valence-electron chi connectivity index (χ2n) is 4.44. The van der Waals surface area contributed by atoms with Crippen LogP contribution in [0.2, 0.25) is 0 Å². The highest BCUT2D eigenvalue weighted by atomic mass is 16.5. The number of nitrogens with one attached hydrogen (secondary N) is 1. The predicted molar refractivity (Wildman–Crippen MR) is 65.5 cm³/mol. The molecule has 1 aliphatic heterocycles. The number of rotatable bonds is 4. The molecule has 1 aliphatic rings. The second kappa shape index (κ2) is 6.02. The number of ether oxygens (including phenoxy) is 2. The SMILES string of the molecule is COC(=O)c1cc(CNC2CCOCC2)oc1C. The number of aryl methyl sites for hydroxylation is 1. The van der Waals surface area contributed by atoms with Gasteiger partial charge in [0.05, 0.1) is 13.7 Å². The minimum Gasteiger partial charge on any atom is -0.465 e. The van der Waals surface area contributed by atoms with E-state index < -0.39 is 0 Å². The van der Waals surface area contributed by atoms with Crippen LogP contribution >= 0.6 is 0 Å². The van der Waals surface area contributed by atoms with Crippen molar-refractivity contribution in [1.29, 1.82) is 0 Å². The molecule has 0 atom stereocenters. The lowest BCUT2D eigenvalue weighted by atomic mass is 10.1. The van der Waals surface area contributed by atoms with E-state index in [0.29, 0.717) is 23.9 Å². The van der Waals surface area contributed by atoms with Crippen molar-refractivity contribution in [2.75, 3.05) is 20.3 Å². The van der Waals surface area contributed by atoms with Crippen LogP contribution in [0.1, 0.15) is 34.7 Å². The molecule has 2 rings (SSSR count). The molecular weight excluding hydrogens is 234 g/mol. The van der Waals surface area contributed by atoms with E-state index in [9.17, 15) is 4.79 Å². The maximum Gasteiger partial charge on any atom is 0.341 e. The van der Waals surface area contributed by atoms with E-state index in [1.54, 1.807) is 13.0 Å². The Balaban J connectivity index is 1.91. The highest BCUT2D eigenvalue weighted by Crippen LogP contribution is 2.16. The Morgan fingerprint density at radius 2 is 2.22 bits per heavy atom. The van der Waals surface area contributed by atoms with Crippen molar-refractivity contribution in [1.82, 2.24) is 5.32 Å². The zero-order chi connectivity index (χ0) is 13.0. The van der Waals surface area contributed by atoms with Crippen LogP contribution in [0, 0.1) is 6.92 Å². The van der Waals surface area contributed by atoms with Crippen LogP contribution in [-0.4, -0.2) is 32.3 Å². The van der Waals surface area contributed by atoms with Gasteiger partial charge in [0.25, 0.3) is 0 Å². The quantitative estimate of drug-likeness (QED) is 0.827. The van der Waals surface area contributed by atoms with Gasteiger partial charge in [-0.05, 0) is 25.8 Å². The molecule has 0 radical (unpaired) electrons. The molecule has 5 heteroatoms. The summed E-state index contributed by atoms with van der Waals surface area (Å²) in [5.41, 5.74) is 0.501. The first-order chi connectivity index (χ1) is 8.70. The van der Waals surface area contributed by atoms with Crippen molar-refractivity contribution < 1.29 is 18.7 Å². The monoisotopic (exact) mass is 253 g/mol. The van der Waals surface area contributed by atoms with E-state index >= 15 is 0 Å². The summed E-state index contributed by atoms with van der Waals surface area (Å²) in [5, 5.41) is 3.41. The molecule has 0 aromatic carbocycles. The molecule has 0 unspecified atom stereocenters. The molecular formula is C13H19NO4. The fraction of sp³-hybridized carbons (Fsp3) is 0.615. The summed E-state index contributed by atoms with van der Waals surface area (Å²) in [6.07, 6.45) is 2.03. The Labute approximate surface area is 106 Å². The molecule has 100 valence electrons. The van der Waals surface area contributed by atoms with Gasteiger partial charge >= 0.3 is 5.97 Å². The van der Waals surface area contributed by atoms with Crippen LogP contribution in [-0.2, 0) is 16.0 Å². The molecule has 0 bridgehead atoms. The van der Waals surface area contributed by atoms with Crippen molar-refractivity contribution in [3.8, 4) is 0 Å². The zero-order valence-corrected chi connectivity index (χ0v) is 10.8. The van der Waals surface area contributed by atoms with Crippen molar-refractivity contribution >= 4 is 5.97 Å². The molecule has 18 heavy (non-hydrogen) atoms. The van der Waals surface area contributed by atoms with Crippen LogP contribution in [0.4, 0.5) is 0 Å². The third-order valence-electron chi connectivity index (χ3n) is 3.16. The van der Waals surface area contributed by atoms with Crippen LogP contribution in [0.5, 0.6) is 0 Å². The Kier molecular flexibility index (Phi) is 4.38. The normalized spacial score (nSPS) is 16.8. The van der Waals surface area contributed by atoms with Crippen molar-refractivity contribution in [2.45, 2.75) is 32.4 Å². The van der Waals surface area contributed by atoms with Crippen molar-refractivity contribution in [2.24, 2.45) is 0 Å². The highest BCUT2D eigenvalue weighted by molar-refractivity contribution is 5.90. The molecule has 0 spiro atoms. The fourth-order valence-corrected chi connectivity index (χ4v) is 2.09. The third kappa shape index (κ3) is 3.11. The van der Waals surface area contributed by atoms with E-state index in [1.165, 1.54) is 7.11 Å². The Morgan fingerprint density at radius 3 is 2.89 bits per heavy atom. The molecule has 1 aromatic rings. The van der Waals surface area contributed by atoms with Gasteiger partial charge in [-0.1, -0.05) is 0 Å². The molecule has 5 nitrogen and oxygen atoms in total. The maximum atomic E-state index is 11.4. The average Bonchev–Trinajstić information content (AvgIpc) is 2.78. The lowest BCUT2D eigenvalue weighted by Crippen LogP contribution is -2.34. The maximum absolute atomic E-state index is 11.4. The number of carbonyl (C=O) groups is 1. The largest absolute Gasteiger partial charge is 0.465 e. The topological polar surface area (TPSA) is 60.7 Å². The molecule has 0 aliphatic carbocycles. The van der Waals surface area contributed by atoms with Gasteiger partial charge in [0, 0.05) is 19.3 Å². The van der Waals surface area contributed by atoms with Crippen LogP contribution in [0.3, 0.4) is 0 Å². The molecule has 1 aromatic heterocycles. The smallest absolute Gasteiger partial charge is 0.341 e. The zero-order valence-electron chi connectivity index (χ0n) is 10.8. The minimum absolute atomic E-state index is 0.353. The minimum atomic E-state index is -0.353. The summed E-state index contributed by atoms with van der Waals surface area (Å²) in [7, 11) is 1.37. The van der Waals surface area contributed by atoms with Crippen LogP contribution in [0.25, 0.3) is 0 Å². The molecule has 1 N–H and O–H groups in total. The van der Waals surface area contributed by atoms with Crippen LogP contribution in [0.15, 0.2) is 10.5 Å². The summed E-state index contributed by atoms with van der Waals surface area (Å²) < 4.78 is 15.5. The number of carbonyl (C=O) groups excluding carboxylic acids is 1. The molecule has 1 fully saturated rings. The van der Waals surface area contributed by atoms with Gasteiger partial charge < -0.3 is 19.2 Å². The van der Waals surface area contributed by atoms with Gasteiger partial charge in [0.1, 0.15) is 17.1 Å². The first kappa shape index (κ1) is 13.1. The number of esters is 1. The standard InChI is InChI=1S/C13H19NO4/c1-9-12(13(15)16-2)7-11(18-9)8-14-10-3-5-17-6-4-10/h7,10,14H,3-6,8H2,1-2H3. The van der Waals surface area contributed by atoms with Gasteiger partial charge in [-0.3, -0.25) is 0 Å². The summed E-state index contributed by atoms with van der Waals surface area (Å²) in [6, 6.07) is 2.21. The molecule has 0 saturated carbocycles. The summed E-state index contributed by atoms with van der Waals surface area (Å²) >= 11 is 0. The average molecular weight is 253 g/mol. The lowest BCUT2D eigenvalue weighted by molar-refractivity contribution is 0.0598. The van der Waals surface area contributed by atoms with E-state index in [-0.39, 0.29) is 5.97 Å². The number of furan rings is 1. The van der Waals surface area contributed by atoms with Crippen molar-refractivity contribution in [3.05, 3.63) is 23.2 Å². The van der Waals surface area contributed by atoms with Gasteiger partial charge in [-0.25, -0.2) is 4.79 Å². The first-order valence-corrected chi connectivity index (χ1v) is 6.19. The Bertz CT molecular complexity index is 407. The number of hydrogen-bond acceptors (Lipinski definition) is 5. The van der Waals surface area contributed by atoms with Crippen LogP contribution < -0.4 is 5.32 Å². The van der Waals surface area contributed by atoms with Gasteiger partial charge in [-0.15, -0.1) is 0 Å². The fourth-order valence-electron chi connectivity index (χ4n) is 2.09. The van der Waals surface area contributed by atoms with Gasteiger partial charge in [0.2, 0.25) is 0 Å².